The first-order chi connectivity index (χ1) is 16.9. The number of esters is 2. The zero-order valence-corrected chi connectivity index (χ0v) is 23.6. The summed E-state index contributed by atoms with van der Waals surface area (Å²) in [6, 6.07) is 0. The van der Waals surface area contributed by atoms with E-state index < -0.39 is 0 Å². The summed E-state index contributed by atoms with van der Waals surface area (Å²) in [5.41, 5.74) is 0. The van der Waals surface area contributed by atoms with Gasteiger partial charge in [-0.3, -0.25) is 9.59 Å². The van der Waals surface area contributed by atoms with Crippen molar-refractivity contribution in [1.29, 1.82) is 0 Å². The van der Waals surface area contributed by atoms with E-state index in [9.17, 15) is 9.59 Å². The molecule has 208 valence electrons. The van der Waals surface area contributed by atoms with Gasteiger partial charge in [0.15, 0.2) is 0 Å². The number of unbranched alkanes of at least 4 members (excludes halogenated alkanes) is 12. The Bertz CT molecular complexity index is 496. The van der Waals surface area contributed by atoms with Gasteiger partial charge < -0.3 is 18.9 Å². The lowest BCUT2D eigenvalue weighted by Gasteiger charge is -2.20. The van der Waals surface area contributed by atoms with Crippen molar-refractivity contribution in [2.45, 2.75) is 156 Å². The van der Waals surface area contributed by atoms with Crippen LogP contribution in [0.3, 0.4) is 0 Å². The van der Waals surface area contributed by atoms with Crippen LogP contribution in [-0.4, -0.2) is 50.1 Å². The number of hydrogen-bond donors (Lipinski definition) is 0. The predicted molar refractivity (Wildman–Crippen MR) is 143 cm³/mol. The number of carbonyl (C=O) groups is 2. The lowest BCUT2D eigenvalue weighted by Crippen LogP contribution is -2.28. The van der Waals surface area contributed by atoms with Crippen molar-refractivity contribution in [1.82, 2.24) is 0 Å². The zero-order chi connectivity index (χ0) is 26.2. The molecule has 0 N–H and O–H groups in total. The van der Waals surface area contributed by atoms with E-state index >= 15 is 0 Å². The maximum atomic E-state index is 12.0. The molecule has 0 saturated heterocycles. The molecule has 0 spiro atoms. The van der Waals surface area contributed by atoms with Crippen LogP contribution in [0.1, 0.15) is 137 Å². The molecule has 0 saturated carbocycles. The monoisotopic (exact) mass is 500 g/mol. The summed E-state index contributed by atoms with van der Waals surface area (Å²) >= 11 is 0. The first-order valence-corrected chi connectivity index (χ1v) is 14.5. The molecule has 0 rings (SSSR count). The van der Waals surface area contributed by atoms with E-state index in [1.165, 1.54) is 64.2 Å². The second kappa shape index (κ2) is 24.5. The third kappa shape index (κ3) is 24.3. The smallest absolute Gasteiger partial charge is 0.306 e. The molecule has 0 fully saturated rings. The molecule has 3 unspecified atom stereocenters. The Morgan fingerprint density at radius 3 is 1.43 bits per heavy atom. The first kappa shape index (κ1) is 33.9. The lowest BCUT2D eigenvalue weighted by atomic mass is 10.1. The van der Waals surface area contributed by atoms with E-state index in [4.69, 9.17) is 18.9 Å². The van der Waals surface area contributed by atoms with Crippen molar-refractivity contribution in [3.63, 3.8) is 0 Å². The Hall–Kier alpha value is -1.14. The number of hydrogen-bond acceptors (Lipinski definition) is 6. The van der Waals surface area contributed by atoms with E-state index in [0.717, 1.165) is 25.7 Å². The van der Waals surface area contributed by atoms with Gasteiger partial charge in [0, 0.05) is 12.8 Å². The highest BCUT2D eigenvalue weighted by Crippen LogP contribution is 2.11. The molecule has 0 aromatic rings. The summed E-state index contributed by atoms with van der Waals surface area (Å²) in [5, 5.41) is 0. The summed E-state index contributed by atoms with van der Waals surface area (Å²) in [4.78, 5) is 23.8. The van der Waals surface area contributed by atoms with Gasteiger partial charge in [0.25, 0.3) is 0 Å². The molecule has 35 heavy (non-hydrogen) atoms. The normalized spacial score (nSPS) is 13.9. The molecular weight excluding hydrogens is 444 g/mol. The van der Waals surface area contributed by atoms with E-state index in [1.807, 2.05) is 20.8 Å². The van der Waals surface area contributed by atoms with Crippen molar-refractivity contribution < 1.29 is 28.5 Å². The summed E-state index contributed by atoms with van der Waals surface area (Å²) < 4.78 is 22.3. The number of ether oxygens (including phenoxy) is 4. The minimum Gasteiger partial charge on any atom is -0.463 e. The molecule has 0 aliphatic carbocycles. The standard InChI is InChI=1S/C29H56O6/c1-6-8-10-12-14-16-18-20-28(30)34-23-26(4)32-22-25(3)33-24-27(5)35-29(31)21-19-17-15-13-11-9-7-2/h25-27H,6-24H2,1-5H3. The fraction of sp³-hybridized carbons (Fsp3) is 0.931. The van der Waals surface area contributed by atoms with Crippen LogP contribution in [0.25, 0.3) is 0 Å². The Balaban J connectivity index is 3.68. The van der Waals surface area contributed by atoms with Gasteiger partial charge in [-0.1, -0.05) is 90.9 Å². The molecule has 0 aliphatic rings. The molecule has 0 heterocycles. The lowest BCUT2D eigenvalue weighted by molar-refractivity contribution is -0.154. The van der Waals surface area contributed by atoms with Gasteiger partial charge in [-0.2, -0.15) is 0 Å². The third-order valence-corrected chi connectivity index (χ3v) is 6.01. The highest BCUT2D eigenvalue weighted by Gasteiger charge is 2.14. The maximum absolute atomic E-state index is 12.0. The Kier molecular flexibility index (Phi) is 23.8. The van der Waals surface area contributed by atoms with Crippen molar-refractivity contribution in [2.75, 3.05) is 19.8 Å². The van der Waals surface area contributed by atoms with Crippen LogP contribution < -0.4 is 0 Å². The molecular formula is C29H56O6. The minimum atomic E-state index is -0.278. The summed E-state index contributed by atoms with van der Waals surface area (Å²) in [7, 11) is 0. The highest BCUT2D eigenvalue weighted by molar-refractivity contribution is 5.69. The van der Waals surface area contributed by atoms with Crippen LogP contribution in [0.15, 0.2) is 0 Å². The SMILES string of the molecule is CCCCCCCCCC(=O)OCC(C)OCC(C)OCC(C)OC(=O)CCCCCCCCC. The summed E-state index contributed by atoms with van der Waals surface area (Å²) in [5.74, 6) is -0.295. The largest absolute Gasteiger partial charge is 0.463 e. The van der Waals surface area contributed by atoms with Crippen LogP contribution in [0, 0.1) is 0 Å². The van der Waals surface area contributed by atoms with Crippen LogP contribution in [0.4, 0.5) is 0 Å². The average molecular weight is 501 g/mol. The maximum Gasteiger partial charge on any atom is 0.306 e. The van der Waals surface area contributed by atoms with Gasteiger partial charge in [-0.05, 0) is 33.6 Å². The van der Waals surface area contributed by atoms with Crippen molar-refractivity contribution in [2.24, 2.45) is 0 Å². The van der Waals surface area contributed by atoms with Gasteiger partial charge in [-0.25, -0.2) is 0 Å². The quantitative estimate of drug-likeness (QED) is 0.0951. The Labute approximate surface area is 216 Å². The number of rotatable bonds is 25. The average Bonchev–Trinajstić information content (AvgIpc) is 2.83. The molecule has 0 amide bonds. The van der Waals surface area contributed by atoms with E-state index in [1.54, 1.807) is 0 Å². The van der Waals surface area contributed by atoms with Crippen molar-refractivity contribution in [3.8, 4) is 0 Å². The highest BCUT2D eigenvalue weighted by atomic mass is 16.6. The van der Waals surface area contributed by atoms with E-state index in [-0.39, 0.29) is 36.9 Å². The van der Waals surface area contributed by atoms with Crippen LogP contribution in [-0.2, 0) is 28.5 Å². The zero-order valence-electron chi connectivity index (χ0n) is 23.6. The molecule has 0 aromatic heterocycles. The van der Waals surface area contributed by atoms with E-state index in [2.05, 4.69) is 13.8 Å². The second-order valence-electron chi connectivity index (χ2n) is 10.0. The summed E-state index contributed by atoms with van der Waals surface area (Å²) in [6.45, 7) is 11.1. The van der Waals surface area contributed by atoms with Gasteiger partial charge in [0.05, 0.1) is 25.4 Å². The van der Waals surface area contributed by atoms with Crippen LogP contribution in [0.5, 0.6) is 0 Å². The van der Waals surface area contributed by atoms with Crippen LogP contribution in [0.2, 0.25) is 0 Å². The predicted octanol–water partition coefficient (Wildman–Crippen LogP) is 7.55. The number of carbonyl (C=O) groups excluding carboxylic acids is 2. The fourth-order valence-electron chi connectivity index (χ4n) is 3.75. The second-order valence-corrected chi connectivity index (χ2v) is 10.0. The summed E-state index contributed by atoms with van der Waals surface area (Å²) in [6.07, 6.45) is 16.9. The molecule has 0 aromatic carbocycles. The van der Waals surface area contributed by atoms with Gasteiger partial charge >= 0.3 is 11.9 Å². The Morgan fingerprint density at radius 1 is 0.514 bits per heavy atom. The van der Waals surface area contributed by atoms with Crippen molar-refractivity contribution >= 4 is 11.9 Å². The third-order valence-electron chi connectivity index (χ3n) is 6.01. The fourth-order valence-corrected chi connectivity index (χ4v) is 3.75. The van der Waals surface area contributed by atoms with Crippen molar-refractivity contribution in [3.05, 3.63) is 0 Å². The first-order valence-electron chi connectivity index (χ1n) is 14.5. The van der Waals surface area contributed by atoms with Crippen LogP contribution >= 0.6 is 0 Å². The van der Waals surface area contributed by atoms with Gasteiger partial charge in [0.2, 0.25) is 0 Å². The molecule has 0 aliphatic heterocycles. The van der Waals surface area contributed by atoms with E-state index in [0.29, 0.717) is 26.1 Å². The molecule has 3 atom stereocenters. The molecule has 6 heteroatoms. The molecule has 6 nitrogen and oxygen atoms in total. The molecule has 0 bridgehead atoms. The van der Waals surface area contributed by atoms with Gasteiger partial charge in [0.1, 0.15) is 12.7 Å². The van der Waals surface area contributed by atoms with Gasteiger partial charge in [-0.15, -0.1) is 0 Å². The Morgan fingerprint density at radius 2 is 0.914 bits per heavy atom. The topological polar surface area (TPSA) is 71.1 Å². The molecule has 0 radical (unpaired) electrons. The minimum absolute atomic E-state index is 0.134.